The van der Waals surface area contributed by atoms with Crippen LogP contribution in [0.3, 0.4) is 0 Å². The Kier molecular flexibility index (Phi) is 7.06. The monoisotopic (exact) mass is 397 g/mol. The Balaban J connectivity index is 1.34. The summed E-state index contributed by atoms with van der Waals surface area (Å²) in [6, 6.07) is 8.82. The smallest absolute Gasteiger partial charge is 0.194 e. The maximum atomic E-state index is 5.48. The molecule has 1 atom stereocenters. The number of anilines is 1. The third-order valence-electron chi connectivity index (χ3n) is 6.05. The van der Waals surface area contributed by atoms with Gasteiger partial charge in [-0.3, -0.25) is 4.90 Å². The number of ether oxygens (including phenoxy) is 1. The van der Waals surface area contributed by atoms with Crippen LogP contribution < -0.4 is 10.2 Å². The predicted molar refractivity (Wildman–Crippen MR) is 120 cm³/mol. The highest BCUT2D eigenvalue weighted by Gasteiger charge is 2.27. The molecule has 2 fully saturated rings. The lowest BCUT2D eigenvalue weighted by molar-refractivity contribution is 0.0315. The summed E-state index contributed by atoms with van der Waals surface area (Å²) in [6.07, 6.45) is 5.71. The quantitative estimate of drug-likeness (QED) is 0.453. The van der Waals surface area contributed by atoms with E-state index < -0.39 is 0 Å². The SMILES string of the molecule is CCNC(=NCc1cccc(N2CC=CC2)c1)N1CCC(CN2CCOCC2)C1. The average Bonchev–Trinajstić information content (AvgIpc) is 3.45. The van der Waals surface area contributed by atoms with Crippen LogP contribution in [0.5, 0.6) is 0 Å². The first-order valence-corrected chi connectivity index (χ1v) is 11.1. The van der Waals surface area contributed by atoms with Crippen molar-refractivity contribution in [2.45, 2.75) is 19.9 Å². The van der Waals surface area contributed by atoms with Crippen molar-refractivity contribution in [3.8, 4) is 0 Å². The summed E-state index contributed by atoms with van der Waals surface area (Å²) in [6.45, 7) is 13.1. The molecule has 29 heavy (non-hydrogen) atoms. The Hall–Kier alpha value is -2.05. The Morgan fingerprint density at radius 2 is 2.00 bits per heavy atom. The summed E-state index contributed by atoms with van der Waals surface area (Å²) >= 11 is 0. The highest BCUT2D eigenvalue weighted by molar-refractivity contribution is 5.80. The molecule has 1 unspecified atom stereocenters. The van der Waals surface area contributed by atoms with Gasteiger partial charge in [-0.15, -0.1) is 0 Å². The molecule has 1 aromatic rings. The maximum Gasteiger partial charge on any atom is 0.194 e. The van der Waals surface area contributed by atoms with Gasteiger partial charge < -0.3 is 19.9 Å². The maximum absolute atomic E-state index is 5.48. The Labute approximate surface area is 175 Å². The fourth-order valence-electron chi connectivity index (χ4n) is 4.46. The van der Waals surface area contributed by atoms with E-state index in [9.17, 15) is 0 Å². The first-order chi connectivity index (χ1) is 14.3. The van der Waals surface area contributed by atoms with Gasteiger partial charge in [-0.25, -0.2) is 4.99 Å². The van der Waals surface area contributed by atoms with Crippen molar-refractivity contribution in [2.24, 2.45) is 10.9 Å². The van der Waals surface area contributed by atoms with Crippen molar-refractivity contribution >= 4 is 11.6 Å². The van der Waals surface area contributed by atoms with Crippen LogP contribution in [-0.4, -0.2) is 81.3 Å². The standard InChI is InChI=1S/C23H35N5O/c1-2-24-23(28-11-8-21(19-28)18-26-12-14-29-15-13-26)25-17-20-6-5-7-22(16-20)27-9-3-4-10-27/h3-7,16,21H,2,8-15,17-19H2,1H3,(H,24,25). The molecule has 3 heterocycles. The number of likely N-dealkylation sites (tertiary alicyclic amines) is 1. The van der Waals surface area contributed by atoms with Gasteiger partial charge in [0, 0.05) is 58.0 Å². The minimum Gasteiger partial charge on any atom is -0.379 e. The normalized spacial score (nSPS) is 23.2. The molecule has 0 aromatic heterocycles. The van der Waals surface area contributed by atoms with Gasteiger partial charge in [0.1, 0.15) is 0 Å². The van der Waals surface area contributed by atoms with Gasteiger partial charge in [0.15, 0.2) is 5.96 Å². The van der Waals surface area contributed by atoms with E-state index in [0.717, 1.165) is 77.4 Å². The largest absolute Gasteiger partial charge is 0.379 e. The van der Waals surface area contributed by atoms with Crippen molar-refractivity contribution in [2.75, 3.05) is 70.5 Å². The third-order valence-corrected chi connectivity index (χ3v) is 6.05. The van der Waals surface area contributed by atoms with E-state index in [4.69, 9.17) is 9.73 Å². The molecule has 0 bridgehead atoms. The summed E-state index contributed by atoms with van der Waals surface area (Å²) in [5, 5.41) is 3.51. The van der Waals surface area contributed by atoms with Crippen LogP contribution >= 0.6 is 0 Å². The molecule has 1 aromatic carbocycles. The van der Waals surface area contributed by atoms with Crippen molar-refractivity contribution in [1.29, 1.82) is 0 Å². The molecule has 0 radical (unpaired) electrons. The highest BCUT2D eigenvalue weighted by atomic mass is 16.5. The third kappa shape index (κ3) is 5.52. The number of nitrogens with one attached hydrogen (secondary N) is 1. The number of nitrogens with zero attached hydrogens (tertiary/aromatic N) is 4. The second kappa shape index (κ2) is 10.1. The van der Waals surface area contributed by atoms with Gasteiger partial charge in [0.05, 0.1) is 19.8 Å². The second-order valence-electron chi connectivity index (χ2n) is 8.23. The molecule has 0 aliphatic carbocycles. The Morgan fingerprint density at radius 1 is 1.17 bits per heavy atom. The van der Waals surface area contributed by atoms with Gasteiger partial charge in [0.2, 0.25) is 0 Å². The van der Waals surface area contributed by atoms with Crippen LogP contribution in [0.15, 0.2) is 41.4 Å². The lowest BCUT2D eigenvalue weighted by atomic mass is 10.1. The van der Waals surface area contributed by atoms with Gasteiger partial charge >= 0.3 is 0 Å². The molecule has 6 nitrogen and oxygen atoms in total. The van der Waals surface area contributed by atoms with Crippen LogP contribution in [0.2, 0.25) is 0 Å². The molecule has 0 saturated carbocycles. The number of morpholine rings is 1. The van der Waals surface area contributed by atoms with E-state index in [2.05, 4.69) is 63.4 Å². The van der Waals surface area contributed by atoms with Crippen molar-refractivity contribution in [3.05, 3.63) is 42.0 Å². The highest BCUT2D eigenvalue weighted by Crippen LogP contribution is 2.20. The number of hydrogen-bond donors (Lipinski definition) is 1. The molecule has 0 amide bonds. The summed E-state index contributed by atoms with van der Waals surface area (Å²) in [5.74, 6) is 1.79. The fraction of sp³-hybridized carbons (Fsp3) is 0.609. The molecule has 4 rings (SSSR count). The van der Waals surface area contributed by atoms with Gasteiger partial charge in [-0.1, -0.05) is 24.3 Å². The molecule has 3 aliphatic heterocycles. The number of rotatable bonds is 6. The summed E-state index contributed by atoms with van der Waals surface area (Å²) in [7, 11) is 0. The first kappa shape index (κ1) is 20.2. The van der Waals surface area contributed by atoms with Crippen molar-refractivity contribution in [1.82, 2.24) is 15.1 Å². The van der Waals surface area contributed by atoms with E-state index in [1.54, 1.807) is 0 Å². The van der Waals surface area contributed by atoms with Crippen LogP contribution in [0.1, 0.15) is 18.9 Å². The summed E-state index contributed by atoms with van der Waals surface area (Å²) < 4.78 is 5.48. The van der Waals surface area contributed by atoms with E-state index in [1.807, 2.05) is 0 Å². The number of guanidine groups is 1. The van der Waals surface area contributed by atoms with Crippen molar-refractivity contribution < 1.29 is 4.74 Å². The molecule has 158 valence electrons. The van der Waals surface area contributed by atoms with Gasteiger partial charge in [0.25, 0.3) is 0 Å². The van der Waals surface area contributed by atoms with Crippen LogP contribution in [0.25, 0.3) is 0 Å². The van der Waals surface area contributed by atoms with E-state index in [0.29, 0.717) is 0 Å². The van der Waals surface area contributed by atoms with E-state index in [-0.39, 0.29) is 0 Å². The minimum absolute atomic E-state index is 0.724. The van der Waals surface area contributed by atoms with Crippen molar-refractivity contribution in [3.63, 3.8) is 0 Å². The molecule has 2 saturated heterocycles. The lowest BCUT2D eigenvalue weighted by Gasteiger charge is -2.29. The Morgan fingerprint density at radius 3 is 2.79 bits per heavy atom. The molecule has 0 spiro atoms. The van der Waals surface area contributed by atoms with Crippen LogP contribution in [-0.2, 0) is 11.3 Å². The first-order valence-electron chi connectivity index (χ1n) is 11.1. The zero-order valence-corrected chi connectivity index (χ0v) is 17.7. The van der Waals surface area contributed by atoms with E-state index in [1.165, 1.54) is 24.2 Å². The lowest BCUT2D eigenvalue weighted by Crippen LogP contribution is -2.42. The zero-order valence-electron chi connectivity index (χ0n) is 17.7. The average molecular weight is 398 g/mol. The topological polar surface area (TPSA) is 43.3 Å². The van der Waals surface area contributed by atoms with Crippen LogP contribution in [0.4, 0.5) is 5.69 Å². The molecule has 3 aliphatic rings. The number of benzene rings is 1. The predicted octanol–water partition coefficient (Wildman–Crippen LogP) is 2.18. The van der Waals surface area contributed by atoms with Gasteiger partial charge in [-0.05, 0) is 37.0 Å². The van der Waals surface area contributed by atoms with Gasteiger partial charge in [-0.2, -0.15) is 0 Å². The zero-order chi connectivity index (χ0) is 19.9. The minimum atomic E-state index is 0.724. The second-order valence-corrected chi connectivity index (χ2v) is 8.23. The number of aliphatic imine (C=N–C) groups is 1. The Bertz CT molecular complexity index is 705. The molecule has 1 N–H and O–H groups in total. The molecular weight excluding hydrogens is 362 g/mol. The number of hydrogen-bond acceptors (Lipinski definition) is 4. The fourth-order valence-corrected chi connectivity index (χ4v) is 4.46. The van der Waals surface area contributed by atoms with Crippen LogP contribution in [0, 0.1) is 5.92 Å². The van der Waals surface area contributed by atoms with E-state index >= 15 is 0 Å². The molecule has 6 heteroatoms. The summed E-state index contributed by atoms with van der Waals surface area (Å²) in [4.78, 5) is 12.4. The summed E-state index contributed by atoms with van der Waals surface area (Å²) in [5.41, 5.74) is 2.56. The molecular formula is C23H35N5O.